The molecule has 6 heteroatoms. The molecule has 1 fully saturated rings. The first-order chi connectivity index (χ1) is 9.02. The molecule has 1 aromatic rings. The monoisotopic (exact) mass is 283 g/mol. The predicted molar refractivity (Wildman–Crippen MR) is 77.1 cm³/mol. The van der Waals surface area contributed by atoms with Crippen LogP contribution in [0.25, 0.3) is 0 Å². The van der Waals surface area contributed by atoms with Gasteiger partial charge in [-0.25, -0.2) is 13.4 Å². The zero-order valence-electron chi connectivity index (χ0n) is 11.5. The smallest absolute Gasteiger partial charge is 0.152 e. The maximum absolute atomic E-state index is 11.5. The molecule has 0 radical (unpaired) electrons. The van der Waals surface area contributed by atoms with Gasteiger partial charge in [-0.1, -0.05) is 13.0 Å². The van der Waals surface area contributed by atoms with E-state index in [0.717, 1.165) is 24.5 Å². The maximum Gasteiger partial charge on any atom is 0.152 e. The van der Waals surface area contributed by atoms with Crippen LogP contribution in [0.15, 0.2) is 18.3 Å². The van der Waals surface area contributed by atoms with Gasteiger partial charge in [0.1, 0.15) is 5.82 Å². The highest BCUT2D eigenvalue weighted by Crippen LogP contribution is 2.21. The molecule has 106 valence electrons. The average molecular weight is 283 g/mol. The first kappa shape index (κ1) is 14.3. The third-order valence-electron chi connectivity index (χ3n) is 3.51. The molecule has 1 atom stereocenters. The molecule has 0 amide bonds. The van der Waals surface area contributed by atoms with E-state index in [1.54, 1.807) is 0 Å². The minimum atomic E-state index is -2.85. The Hall–Kier alpha value is -1.14. The molecule has 1 aliphatic rings. The normalized spacial score (nSPS) is 21.5. The van der Waals surface area contributed by atoms with E-state index in [0.29, 0.717) is 12.2 Å². The SMILES string of the molecule is CCNCc1ccc(N(C)C2CCS(=O)(=O)C2)nc1. The van der Waals surface area contributed by atoms with Gasteiger partial charge in [0.25, 0.3) is 0 Å². The molecule has 0 bridgehead atoms. The first-order valence-electron chi connectivity index (χ1n) is 6.61. The summed E-state index contributed by atoms with van der Waals surface area (Å²) in [7, 11) is -0.934. The van der Waals surface area contributed by atoms with Crippen LogP contribution in [0.2, 0.25) is 0 Å². The highest BCUT2D eigenvalue weighted by molar-refractivity contribution is 7.91. The minimum Gasteiger partial charge on any atom is -0.356 e. The van der Waals surface area contributed by atoms with Gasteiger partial charge in [0.15, 0.2) is 9.84 Å². The fourth-order valence-electron chi connectivity index (χ4n) is 2.27. The summed E-state index contributed by atoms with van der Waals surface area (Å²) in [5, 5.41) is 3.25. The highest BCUT2D eigenvalue weighted by Gasteiger charge is 2.31. The van der Waals surface area contributed by atoms with Gasteiger partial charge in [-0.05, 0) is 24.6 Å². The second kappa shape index (κ2) is 5.88. The summed E-state index contributed by atoms with van der Waals surface area (Å²) in [6.07, 6.45) is 2.54. The Morgan fingerprint density at radius 1 is 1.47 bits per heavy atom. The van der Waals surface area contributed by atoms with Gasteiger partial charge in [0, 0.05) is 25.8 Å². The molecule has 19 heavy (non-hydrogen) atoms. The number of anilines is 1. The van der Waals surface area contributed by atoms with Crippen molar-refractivity contribution in [2.24, 2.45) is 0 Å². The summed E-state index contributed by atoms with van der Waals surface area (Å²) in [5.74, 6) is 1.37. The number of nitrogens with one attached hydrogen (secondary N) is 1. The summed E-state index contributed by atoms with van der Waals surface area (Å²) in [5.41, 5.74) is 1.14. The number of nitrogens with zero attached hydrogens (tertiary/aromatic N) is 2. The molecule has 0 saturated carbocycles. The fourth-order valence-corrected chi connectivity index (χ4v) is 4.04. The number of sulfone groups is 1. The second-order valence-corrected chi connectivity index (χ2v) is 7.20. The Labute approximate surface area is 114 Å². The van der Waals surface area contributed by atoms with Crippen LogP contribution in [-0.2, 0) is 16.4 Å². The van der Waals surface area contributed by atoms with Crippen molar-refractivity contribution in [3.05, 3.63) is 23.9 Å². The molecule has 2 rings (SSSR count). The van der Waals surface area contributed by atoms with Crippen molar-refractivity contribution in [2.45, 2.75) is 25.9 Å². The number of hydrogen-bond donors (Lipinski definition) is 1. The van der Waals surface area contributed by atoms with Crippen LogP contribution < -0.4 is 10.2 Å². The van der Waals surface area contributed by atoms with Gasteiger partial charge in [0.2, 0.25) is 0 Å². The molecule has 5 nitrogen and oxygen atoms in total. The Bertz CT molecular complexity index is 513. The molecule has 1 saturated heterocycles. The summed E-state index contributed by atoms with van der Waals surface area (Å²) in [6, 6.07) is 4.04. The molecular weight excluding hydrogens is 262 g/mol. The van der Waals surface area contributed by atoms with E-state index in [9.17, 15) is 8.42 Å². The van der Waals surface area contributed by atoms with Crippen molar-refractivity contribution in [2.75, 3.05) is 30.0 Å². The average Bonchev–Trinajstić information content (AvgIpc) is 2.76. The van der Waals surface area contributed by atoms with E-state index in [-0.39, 0.29) is 11.8 Å². The van der Waals surface area contributed by atoms with E-state index < -0.39 is 9.84 Å². The number of pyridine rings is 1. The van der Waals surface area contributed by atoms with Crippen LogP contribution in [0.1, 0.15) is 18.9 Å². The highest BCUT2D eigenvalue weighted by atomic mass is 32.2. The van der Waals surface area contributed by atoms with Crippen molar-refractivity contribution < 1.29 is 8.42 Å². The number of hydrogen-bond acceptors (Lipinski definition) is 5. The van der Waals surface area contributed by atoms with Gasteiger partial charge in [-0.15, -0.1) is 0 Å². The second-order valence-electron chi connectivity index (χ2n) is 4.97. The molecule has 0 spiro atoms. The number of aromatic nitrogens is 1. The van der Waals surface area contributed by atoms with E-state index in [4.69, 9.17) is 0 Å². The van der Waals surface area contributed by atoms with E-state index in [1.165, 1.54) is 0 Å². The summed E-state index contributed by atoms with van der Waals surface area (Å²) >= 11 is 0. The molecule has 0 aromatic carbocycles. The Kier molecular flexibility index (Phi) is 4.42. The first-order valence-corrected chi connectivity index (χ1v) is 8.43. The maximum atomic E-state index is 11.5. The van der Waals surface area contributed by atoms with E-state index in [1.807, 2.05) is 30.3 Å². The van der Waals surface area contributed by atoms with Crippen molar-refractivity contribution in [3.8, 4) is 0 Å². The molecule has 0 aliphatic carbocycles. The molecule has 1 aromatic heterocycles. The zero-order chi connectivity index (χ0) is 13.9. The van der Waals surface area contributed by atoms with Crippen molar-refractivity contribution in [1.82, 2.24) is 10.3 Å². The number of rotatable bonds is 5. The molecule has 1 unspecified atom stereocenters. The fraction of sp³-hybridized carbons (Fsp3) is 0.615. The molecule has 1 N–H and O–H groups in total. The summed E-state index contributed by atoms with van der Waals surface area (Å²) < 4.78 is 23.0. The topological polar surface area (TPSA) is 62.3 Å². The Morgan fingerprint density at radius 2 is 2.26 bits per heavy atom. The summed E-state index contributed by atoms with van der Waals surface area (Å²) in [6.45, 7) is 3.81. The van der Waals surface area contributed by atoms with Gasteiger partial charge in [-0.2, -0.15) is 0 Å². The molecule has 2 heterocycles. The van der Waals surface area contributed by atoms with E-state index >= 15 is 0 Å². The van der Waals surface area contributed by atoms with Gasteiger partial charge < -0.3 is 10.2 Å². The minimum absolute atomic E-state index is 0.0529. The van der Waals surface area contributed by atoms with Crippen molar-refractivity contribution >= 4 is 15.7 Å². The molecule has 1 aliphatic heterocycles. The lowest BCUT2D eigenvalue weighted by molar-refractivity contribution is 0.600. The van der Waals surface area contributed by atoms with Gasteiger partial charge in [-0.3, -0.25) is 0 Å². The lowest BCUT2D eigenvalue weighted by Crippen LogP contribution is -2.33. The van der Waals surface area contributed by atoms with Crippen LogP contribution in [-0.4, -0.2) is 44.5 Å². The van der Waals surface area contributed by atoms with Crippen LogP contribution in [0.3, 0.4) is 0 Å². The molecular formula is C13H21N3O2S. The van der Waals surface area contributed by atoms with Gasteiger partial charge >= 0.3 is 0 Å². The standard InChI is InChI=1S/C13H21N3O2S/c1-3-14-8-11-4-5-13(15-9-11)16(2)12-6-7-19(17,18)10-12/h4-5,9,12,14H,3,6-8,10H2,1-2H3. The van der Waals surface area contributed by atoms with E-state index in [2.05, 4.69) is 17.2 Å². The Morgan fingerprint density at radius 3 is 2.79 bits per heavy atom. The van der Waals surface area contributed by atoms with Crippen LogP contribution in [0.5, 0.6) is 0 Å². The van der Waals surface area contributed by atoms with Crippen LogP contribution in [0.4, 0.5) is 5.82 Å². The van der Waals surface area contributed by atoms with Gasteiger partial charge in [0.05, 0.1) is 11.5 Å². The lowest BCUT2D eigenvalue weighted by atomic mass is 10.2. The van der Waals surface area contributed by atoms with Crippen molar-refractivity contribution in [3.63, 3.8) is 0 Å². The van der Waals surface area contributed by atoms with Crippen LogP contribution >= 0.6 is 0 Å². The lowest BCUT2D eigenvalue weighted by Gasteiger charge is -2.24. The largest absolute Gasteiger partial charge is 0.356 e. The van der Waals surface area contributed by atoms with Crippen LogP contribution in [0, 0.1) is 0 Å². The summed E-state index contributed by atoms with van der Waals surface area (Å²) in [4.78, 5) is 6.39. The Balaban J connectivity index is 2.01. The quantitative estimate of drug-likeness (QED) is 0.866. The van der Waals surface area contributed by atoms with Crippen molar-refractivity contribution in [1.29, 1.82) is 0 Å². The predicted octanol–water partition coefficient (Wildman–Crippen LogP) is 0.814. The third-order valence-corrected chi connectivity index (χ3v) is 5.26. The third kappa shape index (κ3) is 3.67. The zero-order valence-corrected chi connectivity index (χ0v) is 12.3.